The second-order valence-electron chi connectivity index (χ2n) is 5.99. The number of methoxy groups -OCH3 is 2. The fourth-order valence-corrected chi connectivity index (χ4v) is 2.81. The van der Waals surface area contributed by atoms with E-state index in [1.165, 1.54) is 0 Å². The summed E-state index contributed by atoms with van der Waals surface area (Å²) in [5, 5.41) is 6.64. The molecule has 144 valence electrons. The third kappa shape index (κ3) is 4.35. The molecule has 0 fully saturated rings. The molecule has 2 aromatic carbocycles. The molecule has 28 heavy (non-hydrogen) atoms. The molecule has 0 saturated carbocycles. The highest BCUT2D eigenvalue weighted by Gasteiger charge is 2.11. The molecule has 0 spiro atoms. The SMILES string of the molecule is COc1ccc(Nc2cc(C(=O)Nc3cccc(Cl)c3C)ccn2)cc1OC. The van der Waals surface area contributed by atoms with Gasteiger partial charge in [-0.1, -0.05) is 17.7 Å². The number of pyridine rings is 1. The number of carbonyl (C=O) groups excluding carboxylic acids is 1. The molecule has 3 aromatic rings. The number of halogens is 1. The van der Waals surface area contributed by atoms with Gasteiger partial charge >= 0.3 is 0 Å². The van der Waals surface area contributed by atoms with Crippen LogP contribution in [0, 0.1) is 6.92 Å². The monoisotopic (exact) mass is 397 g/mol. The lowest BCUT2D eigenvalue weighted by atomic mass is 10.2. The Hall–Kier alpha value is -3.25. The van der Waals surface area contributed by atoms with E-state index in [1.807, 2.05) is 19.1 Å². The highest BCUT2D eigenvalue weighted by atomic mass is 35.5. The molecular formula is C21H20ClN3O3. The minimum absolute atomic E-state index is 0.247. The van der Waals surface area contributed by atoms with Gasteiger partial charge in [0.2, 0.25) is 0 Å². The number of hydrogen-bond acceptors (Lipinski definition) is 5. The van der Waals surface area contributed by atoms with Gasteiger partial charge in [0.05, 0.1) is 14.2 Å². The summed E-state index contributed by atoms with van der Waals surface area (Å²) < 4.78 is 10.5. The number of hydrogen-bond donors (Lipinski definition) is 2. The number of ether oxygens (including phenoxy) is 2. The molecule has 6 nitrogen and oxygen atoms in total. The summed E-state index contributed by atoms with van der Waals surface area (Å²) in [6.45, 7) is 1.86. The van der Waals surface area contributed by atoms with Crippen LogP contribution in [-0.2, 0) is 0 Å². The largest absolute Gasteiger partial charge is 0.493 e. The second kappa shape index (κ2) is 8.63. The Morgan fingerprint density at radius 3 is 2.57 bits per heavy atom. The topological polar surface area (TPSA) is 72.5 Å². The van der Waals surface area contributed by atoms with Gasteiger partial charge in [0, 0.05) is 34.2 Å². The molecule has 1 aromatic heterocycles. The first-order chi connectivity index (χ1) is 13.5. The van der Waals surface area contributed by atoms with Crippen LogP contribution in [0.2, 0.25) is 5.02 Å². The van der Waals surface area contributed by atoms with Crippen LogP contribution in [0.25, 0.3) is 0 Å². The van der Waals surface area contributed by atoms with Gasteiger partial charge in [-0.25, -0.2) is 4.98 Å². The minimum atomic E-state index is -0.247. The van der Waals surface area contributed by atoms with Gasteiger partial charge in [0.25, 0.3) is 5.91 Å². The van der Waals surface area contributed by atoms with E-state index in [-0.39, 0.29) is 5.91 Å². The number of amides is 1. The summed E-state index contributed by atoms with van der Waals surface area (Å²) in [4.78, 5) is 16.9. The van der Waals surface area contributed by atoms with Gasteiger partial charge in [-0.3, -0.25) is 4.79 Å². The van der Waals surface area contributed by atoms with E-state index >= 15 is 0 Å². The van der Waals surface area contributed by atoms with Crippen molar-refractivity contribution in [2.45, 2.75) is 6.92 Å². The molecule has 0 bridgehead atoms. The van der Waals surface area contributed by atoms with Crippen LogP contribution in [0.3, 0.4) is 0 Å². The molecule has 1 heterocycles. The smallest absolute Gasteiger partial charge is 0.255 e. The summed E-state index contributed by atoms with van der Waals surface area (Å²) in [5.41, 5.74) is 2.71. The van der Waals surface area contributed by atoms with E-state index in [0.29, 0.717) is 33.6 Å². The first kappa shape index (κ1) is 19.5. The fraction of sp³-hybridized carbons (Fsp3) is 0.143. The van der Waals surface area contributed by atoms with Crippen molar-refractivity contribution in [3.63, 3.8) is 0 Å². The lowest BCUT2D eigenvalue weighted by Gasteiger charge is -2.12. The van der Waals surface area contributed by atoms with Gasteiger partial charge < -0.3 is 20.1 Å². The van der Waals surface area contributed by atoms with Gasteiger partial charge in [-0.15, -0.1) is 0 Å². The van der Waals surface area contributed by atoms with Gasteiger partial charge in [0.15, 0.2) is 11.5 Å². The standard InChI is InChI=1S/C21H20ClN3O3/c1-13-16(22)5-4-6-17(13)25-21(26)14-9-10-23-20(11-14)24-15-7-8-18(27-2)19(12-15)28-3/h4-12H,1-3H3,(H,23,24)(H,25,26). The van der Waals surface area contributed by atoms with Crippen molar-refractivity contribution < 1.29 is 14.3 Å². The number of nitrogens with zero attached hydrogens (tertiary/aromatic N) is 1. The Morgan fingerprint density at radius 2 is 1.82 bits per heavy atom. The maximum Gasteiger partial charge on any atom is 0.255 e. The second-order valence-corrected chi connectivity index (χ2v) is 6.40. The van der Waals surface area contributed by atoms with E-state index in [2.05, 4.69) is 15.6 Å². The van der Waals surface area contributed by atoms with E-state index in [9.17, 15) is 4.79 Å². The fourth-order valence-electron chi connectivity index (χ4n) is 2.64. The molecule has 0 atom stereocenters. The number of rotatable bonds is 6. The van der Waals surface area contributed by atoms with E-state index in [4.69, 9.17) is 21.1 Å². The van der Waals surface area contributed by atoms with Crippen molar-refractivity contribution in [3.05, 3.63) is 70.9 Å². The predicted octanol–water partition coefficient (Wildman–Crippen LogP) is 5.06. The van der Waals surface area contributed by atoms with Crippen LogP contribution in [0.15, 0.2) is 54.7 Å². The summed E-state index contributed by atoms with van der Waals surface area (Å²) in [7, 11) is 3.15. The molecule has 2 N–H and O–H groups in total. The average molecular weight is 398 g/mol. The van der Waals surface area contributed by atoms with E-state index < -0.39 is 0 Å². The summed E-state index contributed by atoms with van der Waals surface area (Å²) in [6, 6.07) is 14.1. The number of carbonyl (C=O) groups is 1. The molecule has 0 radical (unpaired) electrons. The van der Waals surface area contributed by atoms with Crippen molar-refractivity contribution in [1.82, 2.24) is 4.98 Å². The van der Waals surface area contributed by atoms with Crippen LogP contribution in [0.4, 0.5) is 17.2 Å². The van der Waals surface area contributed by atoms with E-state index in [1.54, 1.807) is 56.8 Å². The zero-order valence-corrected chi connectivity index (χ0v) is 16.5. The Labute approximate surface area is 168 Å². The van der Waals surface area contributed by atoms with Crippen molar-refractivity contribution >= 4 is 34.7 Å². The number of anilines is 3. The number of benzene rings is 2. The first-order valence-electron chi connectivity index (χ1n) is 8.53. The Morgan fingerprint density at radius 1 is 1.04 bits per heavy atom. The quantitative estimate of drug-likeness (QED) is 0.608. The maximum atomic E-state index is 12.6. The Balaban J connectivity index is 1.78. The highest BCUT2D eigenvalue weighted by molar-refractivity contribution is 6.31. The van der Waals surface area contributed by atoms with Crippen LogP contribution in [0.1, 0.15) is 15.9 Å². The van der Waals surface area contributed by atoms with E-state index in [0.717, 1.165) is 11.3 Å². The molecule has 0 unspecified atom stereocenters. The average Bonchev–Trinajstić information content (AvgIpc) is 2.71. The highest BCUT2D eigenvalue weighted by Crippen LogP contribution is 2.31. The third-order valence-electron chi connectivity index (χ3n) is 4.19. The molecule has 0 aliphatic carbocycles. The molecule has 0 aliphatic heterocycles. The van der Waals surface area contributed by atoms with Crippen molar-refractivity contribution in [2.75, 3.05) is 24.9 Å². The Kier molecular flexibility index (Phi) is 6.01. The molecule has 3 rings (SSSR count). The molecular weight excluding hydrogens is 378 g/mol. The zero-order valence-electron chi connectivity index (χ0n) is 15.7. The minimum Gasteiger partial charge on any atom is -0.493 e. The third-order valence-corrected chi connectivity index (χ3v) is 4.60. The molecule has 0 aliphatic rings. The molecule has 0 saturated heterocycles. The lowest BCUT2D eigenvalue weighted by molar-refractivity contribution is 0.102. The summed E-state index contributed by atoms with van der Waals surface area (Å²) in [5.74, 6) is 1.51. The van der Waals surface area contributed by atoms with Crippen LogP contribution >= 0.6 is 11.6 Å². The summed E-state index contributed by atoms with van der Waals surface area (Å²) in [6.07, 6.45) is 1.57. The van der Waals surface area contributed by atoms with Gasteiger partial charge in [-0.2, -0.15) is 0 Å². The first-order valence-corrected chi connectivity index (χ1v) is 8.91. The van der Waals surface area contributed by atoms with Crippen LogP contribution < -0.4 is 20.1 Å². The number of aromatic nitrogens is 1. The van der Waals surface area contributed by atoms with Crippen molar-refractivity contribution in [2.24, 2.45) is 0 Å². The number of nitrogens with one attached hydrogen (secondary N) is 2. The van der Waals surface area contributed by atoms with Crippen LogP contribution in [-0.4, -0.2) is 25.1 Å². The Bertz CT molecular complexity index is 1010. The lowest BCUT2D eigenvalue weighted by Crippen LogP contribution is -2.13. The molecule has 7 heteroatoms. The normalized spacial score (nSPS) is 10.3. The van der Waals surface area contributed by atoms with Gasteiger partial charge in [-0.05, 0) is 48.9 Å². The molecule has 1 amide bonds. The van der Waals surface area contributed by atoms with Gasteiger partial charge in [0.1, 0.15) is 5.82 Å². The summed E-state index contributed by atoms with van der Waals surface area (Å²) >= 11 is 6.11. The van der Waals surface area contributed by atoms with Crippen molar-refractivity contribution in [1.29, 1.82) is 0 Å². The van der Waals surface area contributed by atoms with Crippen molar-refractivity contribution in [3.8, 4) is 11.5 Å². The predicted molar refractivity (Wildman–Crippen MR) is 111 cm³/mol. The maximum absolute atomic E-state index is 12.6. The zero-order chi connectivity index (χ0) is 20.1. The van der Waals surface area contributed by atoms with Crippen LogP contribution in [0.5, 0.6) is 11.5 Å².